The van der Waals surface area contributed by atoms with Gasteiger partial charge < -0.3 is 16.2 Å². The molecule has 0 atom stereocenters. The molecule has 4 rings (SSSR count). The van der Waals surface area contributed by atoms with Gasteiger partial charge in [0.1, 0.15) is 11.3 Å². The molecule has 2 aromatic heterocycles. The van der Waals surface area contributed by atoms with Crippen molar-refractivity contribution >= 4 is 38.6 Å². The zero-order chi connectivity index (χ0) is 23.8. The van der Waals surface area contributed by atoms with E-state index in [0.717, 1.165) is 16.4 Å². The van der Waals surface area contributed by atoms with Gasteiger partial charge in [0.2, 0.25) is 15.9 Å². The Hall–Kier alpha value is -3.80. The molecular weight excluding hydrogens is 453 g/mol. The van der Waals surface area contributed by atoms with Crippen LogP contribution in [-0.4, -0.2) is 47.6 Å². The van der Waals surface area contributed by atoms with Crippen LogP contribution in [0.25, 0.3) is 10.9 Å². The second-order valence-corrected chi connectivity index (χ2v) is 9.49. The third-order valence-electron chi connectivity index (χ3n) is 5.29. The van der Waals surface area contributed by atoms with E-state index in [-0.39, 0.29) is 46.7 Å². The summed E-state index contributed by atoms with van der Waals surface area (Å²) in [6, 6.07) is 6.51. The molecule has 12 heteroatoms. The fourth-order valence-corrected chi connectivity index (χ4v) is 5.27. The summed E-state index contributed by atoms with van der Waals surface area (Å²) in [7, 11) is -3.66. The Balaban J connectivity index is 1.73. The molecule has 4 N–H and O–H groups in total. The predicted molar refractivity (Wildman–Crippen MR) is 118 cm³/mol. The van der Waals surface area contributed by atoms with Crippen molar-refractivity contribution in [2.24, 2.45) is 5.73 Å². The van der Waals surface area contributed by atoms with Gasteiger partial charge in [-0.3, -0.25) is 18.9 Å². The SMILES string of the molecule is NC(=O)c1cc(F)ccc1CNC(=O)c1nc(N2CCCCS2(=O)=O)c2cccnc2c1O. The van der Waals surface area contributed by atoms with Crippen molar-refractivity contribution in [3.8, 4) is 5.75 Å². The number of halogens is 1. The van der Waals surface area contributed by atoms with Crippen LogP contribution < -0.4 is 15.4 Å². The van der Waals surface area contributed by atoms with Crippen LogP contribution in [0.4, 0.5) is 10.2 Å². The summed E-state index contributed by atoms with van der Waals surface area (Å²) in [5, 5.41) is 13.5. The van der Waals surface area contributed by atoms with Crippen LogP contribution in [0.2, 0.25) is 0 Å². The molecule has 1 aliphatic rings. The standard InChI is InChI=1S/C21H20FN5O5S/c22-13-6-5-12(15(10-13)19(23)29)11-25-21(30)17-18(28)16-14(4-3-7-24-16)20(26-17)27-8-1-2-9-33(27,31)32/h3-7,10,28H,1-2,8-9,11H2,(H2,23,29)(H,25,30). The van der Waals surface area contributed by atoms with Gasteiger partial charge in [0.25, 0.3) is 5.91 Å². The largest absolute Gasteiger partial charge is 0.504 e. The average Bonchev–Trinajstić information content (AvgIpc) is 2.78. The molecule has 0 unspecified atom stereocenters. The van der Waals surface area contributed by atoms with E-state index in [1.807, 2.05) is 0 Å². The summed E-state index contributed by atoms with van der Waals surface area (Å²) < 4.78 is 39.9. The smallest absolute Gasteiger partial charge is 0.274 e. The minimum absolute atomic E-state index is 0.000331. The second-order valence-electron chi connectivity index (χ2n) is 7.48. The molecule has 1 aliphatic heterocycles. The highest BCUT2D eigenvalue weighted by Gasteiger charge is 2.31. The minimum atomic E-state index is -3.66. The number of amides is 2. The quantitative estimate of drug-likeness (QED) is 0.506. The normalized spacial score (nSPS) is 15.4. The molecule has 3 aromatic rings. The van der Waals surface area contributed by atoms with E-state index in [4.69, 9.17) is 5.73 Å². The number of rotatable bonds is 5. The molecule has 0 bridgehead atoms. The maximum atomic E-state index is 13.5. The van der Waals surface area contributed by atoms with Gasteiger partial charge in [-0.05, 0) is 42.7 Å². The number of fused-ring (bicyclic) bond motifs is 1. The number of aromatic nitrogens is 2. The molecule has 0 saturated carbocycles. The molecule has 1 saturated heterocycles. The maximum Gasteiger partial charge on any atom is 0.274 e. The van der Waals surface area contributed by atoms with Gasteiger partial charge in [-0.25, -0.2) is 17.8 Å². The Bertz CT molecular complexity index is 1380. The van der Waals surface area contributed by atoms with E-state index in [2.05, 4.69) is 15.3 Å². The van der Waals surface area contributed by atoms with E-state index < -0.39 is 39.1 Å². The number of carbonyl (C=O) groups excluding carboxylic acids is 2. The summed E-state index contributed by atoms with van der Waals surface area (Å²) in [4.78, 5) is 32.8. The number of carbonyl (C=O) groups is 2. The number of nitrogens with two attached hydrogens (primary N) is 1. The highest BCUT2D eigenvalue weighted by molar-refractivity contribution is 7.92. The number of nitrogens with zero attached hydrogens (tertiary/aromatic N) is 3. The monoisotopic (exact) mass is 473 g/mol. The number of anilines is 1. The first kappa shape index (κ1) is 22.4. The van der Waals surface area contributed by atoms with Crippen LogP contribution in [0.3, 0.4) is 0 Å². The molecular formula is C21H20FN5O5S. The van der Waals surface area contributed by atoms with Crippen molar-refractivity contribution in [2.75, 3.05) is 16.6 Å². The lowest BCUT2D eigenvalue weighted by Gasteiger charge is -2.28. The van der Waals surface area contributed by atoms with Gasteiger partial charge in [-0.2, -0.15) is 0 Å². The van der Waals surface area contributed by atoms with Crippen molar-refractivity contribution in [1.29, 1.82) is 0 Å². The van der Waals surface area contributed by atoms with Crippen molar-refractivity contribution in [1.82, 2.24) is 15.3 Å². The molecule has 1 fully saturated rings. The van der Waals surface area contributed by atoms with Crippen molar-refractivity contribution in [3.05, 3.63) is 59.2 Å². The van der Waals surface area contributed by atoms with Gasteiger partial charge in [-0.15, -0.1) is 0 Å². The first-order valence-electron chi connectivity index (χ1n) is 10.0. The molecule has 33 heavy (non-hydrogen) atoms. The predicted octanol–water partition coefficient (Wildman–Crippen LogP) is 1.43. The lowest BCUT2D eigenvalue weighted by Crippen LogP contribution is -2.39. The summed E-state index contributed by atoms with van der Waals surface area (Å²) in [6.07, 6.45) is 2.53. The molecule has 0 aliphatic carbocycles. The number of aromatic hydroxyl groups is 1. The molecule has 0 spiro atoms. The Morgan fingerprint density at radius 1 is 1.24 bits per heavy atom. The number of sulfonamides is 1. The van der Waals surface area contributed by atoms with Gasteiger partial charge in [0.05, 0.1) is 5.75 Å². The van der Waals surface area contributed by atoms with Crippen LogP contribution in [0.15, 0.2) is 36.5 Å². The lowest BCUT2D eigenvalue weighted by atomic mass is 10.1. The van der Waals surface area contributed by atoms with Crippen LogP contribution in [0.5, 0.6) is 5.75 Å². The number of hydrogen-bond donors (Lipinski definition) is 3. The zero-order valence-corrected chi connectivity index (χ0v) is 18.1. The molecule has 2 amide bonds. The topological polar surface area (TPSA) is 156 Å². The Kier molecular flexibility index (Phi) is 5.85. The molecule has 10 nitrogen and oxygen atoms in total. The highest BCUT2D eigenvalue weighted by Crippen LogP contribution is 2.35. The third-order valence-corrected chi connectivity index (χ3v) is 7.12. The van der Waals surface area contributed by atoms with E-state index in [0.29, 0.717) is 12.8 Å². The van der Waals surface area contributed by atoms with E-state index in [1.165, 1.54) is 12.3 Å². The number of nitrogens with one attached hydrogen (secondary N) is 1. The second kappa shape index (κ2) is 8.62. The molecule has 3 heterocycles. The van der Waals surface area contributed by atoms with Crippen LogP contribution in [-0.2, 0) is 16.6 Å². The van der Waals surface area contributed by atoms with Crippen LogP contribution >= 0.6 is 0 Å². The first-order valence-corrected chi connectivity index (χ1v) is 11.6. The first-order chi connectivity index (χ1) is 15.7. The van der Waals surface area contributed by atoms with E-state index in [9.17, 15) is 27.5 Å². The summed E-state index contributed by atoms with van der Waals surface area (Å²) in [5.74, 6) is -2.94. The highest BCUT2D eigenvalue weighted by atomic mass is 32.2. The van der Waals surface area contributed by atoms with Crippen molar-refractivity contribution < 1.29 is 27.5 Å². The van der Waals surface area contributed by atoms with Crippen LogP contribution in [0.1, 0.15) is 39.3 Å². The molecule has 1 aromatic carbocycles. The molecule has 172 valence electrons. The van der Waals surface area contributed by atoms with Crippen molar-refractivity contribution in [3.63, 3.8) is 0 Å². The summed E-state index contributed by atoms with van der Waals surface area (Å²) >= 11 is 0. The molecule has 0 radical (unpaired) electrons. The van der Waals surface area contributed by atoms with E-state index in [1.54, 1.807) is 12.1 Å². The van der Waals surface area contributed by atoms with Gasteiger partial charge in [0.15, 0.2) is 17.3 Å². The average molecular weight is 473 g/mol. The minimum Gasteiger partial charge on any atom is -0.504 e. The van der Waals surface area contributed by atoms with Gasteiger partial charge >= 0.3 is 0 Å². The summed E-state index contributed by atoms with van der Waals surface area (Å²) in [6.45, 7) is -0.0289. The lowest BCUT2D eigenvalue weighted by molar-refractivity contribution is 0.0939. The number of hydrogen-bond acceptors (Lipinski definition) is 7. The Morgan fingerprint density at radius 2 is 2.03 bits per heavy atom. The van der Waals surface area contributed by atoms with Gasteiger partial charge in [0, 0.05) is 30.2 Å². The van der Waals surface area contributed by atoms with E-state index >= 15 is 0 Å². The Labute approximate surface area is 188 Å². The maximum absolute atomic E-state index is 13.5. The van der Waals surface area contributed by atoms with Crippen LogP contribution in [0, 0.1) is 5.82 Å². The van der Waals surface area contributed by atoms with Crippen molar-refractivity contribution in [2.45, 2.75) is 19.4 Å². The Morgan fingerprint density at radius 3 is 2.76 bits per heavy atom. The number of pyridine rings is 2. The fourth-order valence-electron chi connectivity index (χ4n) is 3.67. The number of benzene rings is 1. The summed E-state index contributed by atoms with van der Waals surface area (Å²) in [5.41, 5.74) is 5.02. The van der Waals surface area contributed by atoms with Gasteiger partial charge in [-0.1, -0.05) is 6.07 Å². The zero-order valence-electron chi connectivity index (χ0n) is 17.3. The third kappa shape index (κ3) is 4.29. The fraction of sp³-hybridized carbons (Fsp3) is 0.238. The number of primary amides is 1.